The molecule has 0 aliphatic carbocycles. The van der Waals surface area contributed by atoms with Crippen molar-refractivity contribution in [2.75, 3.05) is 0 Å². The van der Waals surface area contributed by atoms with Crippen molar-refractivity contribution in [3.8, 4) is 0 Å². The Morgan fingerprint density at radius 2 is 1.00 bits per heavy atom. The molecule has 2 aromatic rings. The highest BCUT2D eigenvalue weighted by Gasteiger charge is 1.99. The molecule has 0 aromatic heterocycles. The van der Waals surface area contributed by atoms with Crippen molar-refractivity contribution in [2.45, 2.75) is 52.4 Å². The van der Waals surface area contributed by atoms with Crippen molar-refractivity contribution in [2.24, 2.45) is 0 Å². The molecule has 0 aliphatic heterocycles. The molecule has 1 heteroatoms. The molecule has 0 aliphatic rings. The van der Waals surface area contributed by atoms with Gasteiger partial charge in [-0.25, -0.2) is 5.32 Å². The van der Waals surface area contributed by atoms with Gasteiger partial charge in [0, 0.05) is 0 Å². The van der Waals surface area contributed by atoms with E-state index in [0.717, 1.165) is 11.4 Å². The average molecular weight is 280 g/mol. The molecule has 0 spiro atoms. The summed E-state index contributed by atoms with van der Waals surface area (Å²) in [6.07, 6.45) is 7.35. The zero-order valence-corrected chi connectivity index (χ0v) is 13.3. The minimum absolute atomic E-state index is 1.04. The van der Waals surface area contributed by atoms with E-state index >= 15 is 0 Å². The maximum absolute atomic E-state index is 4.68. The van der Waals surface area contributed by atoms with E-state index < -0.39 is 0 Å². The number of hydrogen-bond acceptors (Lipinski definition) is 0. The van der Waals surface area contributed by atoms with Crippen LogP contribution >= 0.6 is 0 Å². The Hall–Kier alpha value is -1.76. The fourth-order valence-electron chi connectivity index (χ4n) is 2.39. The molecule has 0 bridgehead atoms. The SMILES string of the molecule is CCCCc1ccc([N]c2ccc(CCCC)cc2)cc1. The van der Waals surface area contributed by atoms with E-state index in [1.54, 1.807) is 0 Å². The molecular formula is C20H26N. The number of nitrogens with zero attached hydrogens (tertiary/aromatic N) is 1. The molecule has 21 heavy (non-hydrogen) atoms. The molecular weight excluding hydrogens is 254 g/mol. The Labute approximate surface area is 129 Å². The van der Waals surface area contributed by atoms with E-state index in [1.807, 2.05) is 0 Å². The molecule has 2 aromatic carbocycles. The van der Waals surface area contributed by atoms with Gasteiger partial charge < -0.3 is 0 Å². The van der Waals surface area contributed by atoms with Crippen molar-refractivity contribution >= 4 is 11.4 Å². The molecule has 0 fully saturated rings. The van der Waals surface area contributed by atoms with Crippen LogP contribution < -0.4 is 5.32 Å². The largest absolute Gasteiger partial charge is 0.249 e. The summed E-state index contributed by atoms with van der Waals surface area (Å²) in [7, 11) is 0. The molecule has 0 saturated heterocycles. The lowest BCUT2D eigenvalue weighted by Gasteiger charge is -2.06. The van der Waals surface area contributed by atoms with Crippen LogP contribution in [0.25, 0.3) is 0 Å². The molecule has 0 unspecified atom stereocenters. The van der Waals surface area contributed by atoms with Crippen molar-refractivity contribution in [1.82, 2.24) is 5.32 Å². The first-order chi connectivity index (χ1) is 10.3. The van der Waals surface area contributed by atoms with E-state index in [2.05, 4.69) is 67.7 Å². The summed E-state index contributed by atoms with van der Waals surface area (Å²) >= 11 is 0. The van der Waals surface area contributed by atoms with Gasteiger partial charge in [-0.3, -0.25) is 0 Å². The van der Waals surface area contributed by atoms with E-state index in [9.17, 15) is 0 Å². The first kappa shape index (κ1) is 15.6. The van der Waals surface area contributed by atoms with Gasteiger partial charge >= 0.3 is 0 Å². The van der Waals surface area contributed by atoms with Gasteiger partial charge in [-0.05, 0) is 61.1 Å². The lowest BCUT2D eigenvalue weighted by Crippen LogP contribution is -1.91. The highest BCUT2D eigenvalue weighted by Crippen LogP contribution is 2.19. The minimum Gasteiger partial charge on any atom is -0.249 e. The predicted molar refractivity (Wildman–Crippen MR) is 91.6 cm³/mol. The zero-order valence-electron chi connectivity index (χ0n) is 13.3. The predicted octanol–water partition coefficient (Wildman–Crippen LogP) is 5.94. The van der Waals surface area contributed by atoms with Crippen molar-refractivity contribution in [3.05, 3.63) is 59.7 Å². The van der Waals surface area contributed by atoms with Crippen molar-refractivity contribution in [1.29, 1.82) is 0 Å². The minimum atomic E-state index is 1.04. The Morgan fingerprint density at radius 3 is 1.33 bits per heavy atom. The van der Waals surface area contributed by atoms with Crippen molar-refractivity contribution < 1.29 is 0 Å². The number of aryl methyl sites for hydroxylation is 2. The highest BCUT2D eigenvalue weighted by molar-refractivity contribution is 5.49. The van der Waals surface area contributed by atoms with Crippen LogP contribution in [0.3, 0.4) is 0 Å². The summed E-state index contributed by atoms with van der Waals surface area (Å²) in [5.74, 6) is 0. The molecule has 0 N–H and O–H groups in total. The van der Waals surface area contributed by atoms with Gasteiger partial charge in [-0.1, -0.05) is 51.0 Å². The smallest absolute Gasteiger partial charge is 0.0637 e. The first-order valence-corrected chi connectivity index (χ1v) is 8.21. The van der Waals surface area contributed by atoms with Crippen LogP contribution in [0.1, 0.15) is 50.7 Å². The number of rotatable bonds is 8. The Balaban J connectivity index is 1.91. The summed E-state index contributed by atoms with van der Waals surface area (Å²) in [6, 6.07) is 17.3. The summed E-state index contributed by atoms with van der Waals surface area (Å²) in [6.45, 7) is 4.46. The van der Waals surface area contributed by atoms with Gasteiger partial charge in [0.1, 0.15) is 0 Å². The molecule has 0 saturated carbocycles. The highest BCUT2D eigenvalue weighted by atomic mass is 14.9. The number of benzene rings is 2. The molecule has 0 amide bonds. The molecule has 0 atom stereocenters. The summed E-state index contributed by atoms with van der Waals surface area (Å²) < 4.78 is 0. The lowest BCUT2D eigenvalue weighted by molar-refractivity contribution is 0.794. The van der Waals surface area contributed by atoms with E-state index in [-0.39, 0.29) is 0 Å². The van der Waals surface area contributed by atoms with Gasteiger partial charge in [0.2, 0.25) is 0 Å². The molecule has 1 radical (unpaired) electrons. The summed E-state index contributed by atoms with van der Waals surface area (Å²) in [5.41, 5.74) is 4.89. The quantitative estimate of drug-likeness (QED) is 0.568. The molecule has 1 nitrogen and oxygen atoms in total. The van der Waals surface area contributed by atoms with Crippen LogP contribution in [0, 0.1) is 0 Å². The van der Waals surface area contributed by atoms with Crippen LogP contribution in [-0.4, -0.2) is 0 Å². The first-order valence-electron chi connectivity index (χ1n) is 8.21. The average Bonchev–Trinajstić information content (AvgIpc) is 2.53. The second kappa shape index (κ2) is 8.51. The fraction of sp³-hybridized carbons (Fsp3) is 0.400. The van der Waals surface area contributed by atoms with Crippen LogP contribution in [0.4, 0.5) is 11.4 Å². The van der Waals surface area contributed by atoms with E-state index in [1.165, 1.54) is 49.7 Å². The lowest BCUT2D eigenvalue weighted by atomic mass is 10.1. The maximum atomic E-state index is 4.68. The standard InChI is InChI=1S/C20H26N/c1-3-5-7-17-9-13-19(14-10-17)21-20-15-11-18(12-16-20)8-6-4-2/h9-16H,3-8H2,1-2H3. The van der Waals surface area contributed by atoms with Crippen LogP contribution in [0.2, 0.25) is 0 Å². The Kier molecular flexibility index (Phi) is 6.33. The normalized spacial score (nSPS) is 10.6. The van der Waals surface area contributed by atoms with Gasteiger partial charge in [0.15, 0.2) is 0 Å². The number of unbranched alkanes of at least 4 members (excludes halogenated alkanes) is 2. The van der Waals surface area contributed by atoms with Crippen LogP contribution in [0.5, 0.6) is 0 Å². The van der Waals surface area contributed by atoms with Gasteiger partial charge in [0.25, 0.3) is 0 Å². The zero-order chi connectivity index (χ0) is 14.9. The maximum Gasteiger partial charge on any atom is 0.0637 e. The van der Waals surface area contributed by atoms with Crippen LogP contribution in [0.15, 0.2) is 48.5 Å². The molecule has 111 valence electrons. The third-order valence-electron chi connectivity index (χ3n) is 3.77. The Morgan fingerprint density at radius 1 is 0.619 bits per heavy atom. The van der Waals surface area contributed by atoms with Gasteiger partial charge in [-0.2, -0.15) is 0 Å². The molecule has 2 rings (SSSR count). The monoisotopic (exact) mass is 280 g/mol. The fourth-order valence-corrected chi connectivity index (χ4v) is 2.39. The van der Waals surface area contributed by atoms with E-state index in [4.69, 9.17) is 0 Å². The Bertz CT molecular complexity index is 461. The number of hydrogen-bond donors (Lipinski definition) is 0. The van der Waals surface area contributed by atoms with Gasteiger partial charge in [0.05, 0.1) is 11.4 Å². The third-order valence-corrected chi connectivity index (χ3v) is 3.77. The second-order valence-electron chi connectivity index (χ2n) is 5.65. The second-order valence-corrected chi connectivity index (χ2v) is 5.65. The topological polar surface area (TPSA) is 14.1 Å². The van der Waals surface area contributed by atoms with Crippen molar-refractivity contribution in [3.63, 3.8) is 0 Å². The van der Waals surface area contributed by atoms with Crippen LogP contribution in [-0.2, 0) is 12.8 Å². The summed E-state index contributed by atoms with van der Waals surface area (Å²) in [4.78, 5) is 0. The van der Waals surface area contributed by atoms with Gasteiger partial charge in [-0.15, -0.1) is 0 Å². The summed E-state index contributed by atoms with van der Waals surface area (Å²) in [5, 5.41) is 4.68. The van der Waals surface area contributed by atoms with E-state index in [0.29, 0.717) is 0 Å². The third kappa shape index (κ3) is 5.26. The molecule has 0 heterocycles.